The number of rotatable bonds is 6. The first-order valence-electron chi connectivity index (χ1n) is 8.70. The van der Waals surface area contributed by atoms with Crippen molar-refractivity contribution in [3.05, 3.63) is 97.5 Å². The van der Waals surface area contributed by atoms with E-state index in [1.165, 1.54) is 0 Å². The Morgan fingerprint density at radius 2 is 1.83 bits per heavy atom. The van der Waals surface area contributed by atoms with Crippen LogP contribution in [-0.2, 0) is 11.4 Å². The SMILES string of the molecule is N#C/C(=C/c1ccc(OCc2ccc(Br)cc2)c(I)c1)C(=O)Nc1ccccc1. The highest BCUT2D eigenvalue weighted by atomic mass is 127. The molecule has 29 heavy (non-hydrogen) atoms. The molecule has 6 heteroatoms. The average molecular weight is 559 g/mol. The number of halogens is 2. The summed E-state index contributed by atoms with van der Waals surface area (Å²) < 4.78 is 7.81. The van der Waals surface area contributed by atoms with E-state index in [-0.39, 0.29) is 5.57 Å². The Morgan fingerprint density at radius 3 is 2.48 bits per heavy atom. The van der Waals surface area contributed by atoms with Crippen LogP contribution in [0.4, 0.5) is 5.69 Å². The largest absolute Gasteiger partial charge is 0.488 e. The number of ether oxygens (including phenoxy) is 1. The number of nitrogens with zero attached hydrogens (tertiary/aromatic N) is 1. The summed E-state index contributed by atoms with van der Waals surface area (Å²) in [6.07, 6.45) is 1.57. The molecular formula is C23H16BrIN2O2. The molecule has 1 N–H and O–H groups in total. The number of para-hydroxylation sites is 1. The number of nitrogens with one attached hydrogen (secondary N) is 1. The van der Waals surface area contributed by atoms with Crippen LogP contribution in [0.5, 0.6) is 5.75 Å². The van der Waals surface area contributed by atoms with Crippen molar-refractivity contribution >= 4 is 56.2 Å². The van der Waals surface area contributed by atoms with Crippen LogP contribution in [0.1, 0.15) is 11.1 Å². The van der Waals surface area contributed by atoms with Crippen LogP contribution in [0.25, 0.3) is 6.08 Å². The number of carbonyl (C=O) groups is 1. The minimum Gasteiger partial charge on any atom is -0.488 e. The molecule has 0 aromatic heterocycles. The standard InChI is InChI=1S/C23H16BrIN2O2/c24-19-9-6-16(7-10-19)15-29-22-11-8-17(13-21(22)25)12-18(14-26)23(28)27-20-4-2-1-3-5-20/h1-13H,15H2,(H,27,28)/b18-12-. The van der Waals surface area contributed by atoms with E-state index in [9.17, 15) is 10.1 Å². The number of hydrogen-bond acceptors (Lipinski definition) is 3. The second kappa shape index (κ2) is 10.2. The average Bonchev–Trinajstić information content (AvgIpc) is 2.73. The predicted octanol–water partition coefficient (Wildman–Crippen LogP) is 6.18. The van der Waals surface area contributed by atoms with E-state index in [1.807, 2.05) is 66.7 Å². The van der Waals surface area contributed by atoms with Crippen LogP contribution in [0, 0.1) is 14.9 Å². The third kappa shape index (κ3) is 6.17. The lowest BCUT2D eigenvalue weighted by Gasteiger charge is -2.09. The van der Waals surface area contributed by atoms with Gasteiger partial charge in [0.2, 0.25) is 0 Å². The van der Waals surface area contributed by atoms with Gasteiger partial charge in [-0.05, 0) is 76.2 Å². The van der Waals surface area contributed by atoms with E-state index in [0.29, 0.717) is 12.3 Å². The summed E-state index contributed by atoms with van der Waals surface area (Å²) in [5.41, 5.74) is 2.50. The second-order valence-corrected chi connectivity index (χ2v) is 8.17. The van der Waals surface area contributed by atoms with E-state index < -0.39 is 5.91 Å². The van der Waals surface area contributed by atoms with Gasteiger partial charge in [0.25, 0.3) is 5.91 Å². The highest BCUT2D eigenvalue weighted by Crippen LogP contribution is 2.25. The van der Waals surface area contributed by atoms with Gasteiger partial charge in [0.15, 0.2) is 0 Å². The van der Waals surface area contributed by atoms with Gasteiger partial charge in [-0.15, -0.1) is 0 Å². The van der Waals surface area contributed by atoms with E-state index in [1.54, 1.807) is 18.2 Å². The zero-order valence-electron chi connectivity index (χ0n) is 15.2. The Morgan fingerprint density at radius 1 is 1.10 bits per heavy atom. The molecule has 0 unspecified atom stereocenters. The molecule has 3 aromatic rings. The maximum atomic E-state index is 12.4. The van der Waals surface area contributed by atoms with Gasteiger partial charge >= 0.3 is 0 Å². The Kier molecular flexibility index (Phi) is 7.44. The van der Waals surface area contributed by atoms with E-state index >= 15 is 0 Å². The van der Waals surface area contributed by atoms with Crippen molar-refractivity contribution in [2.24, 2.45) is 0 Å². The lowest BCUT2D eigenvalue weighted by molar-refractivity contribution is -0.112. The number of benzene rings is 3. The molecule has 4 nitrogen and oxygen atoms in total. The van der Waals surface area contributed by atoms with Gasteiger partial charge in [-0.1, -0.05) is 52.3 Å². The lowest BCUT2D eigenvalue weighted by atomic mass is 10.1. The Balaban J connectivity index is 1.70. The summed E-state index contributed by atoms with van der Waals surface area (Å²) in [7, 11) is 0. The fourth-order valence-electron chi connectivity index (χ4n) is 2.50. The van der Waals surface area contributed by atoms with Crippen molar-refractivity contribution < 1.29 is 9.53 Å². The normalized spacial score (nSPS) is 10.9. The molecule has 0 fully saturated rings. The summed E-state index contributed by atoms with van der Waals surface area (Å²) >= 11 is 5.60. The highest BCUT2D eigenvalue weighted by Gasteiger charge is 2.10. The van der Waals surface area contributed by atoms with E-state index in [0.717, 1.165) is 24.9 Å². The zero-order valence-corrected chi connectivity index (χ0v) is 19.0. The van der Waals surface area contributed by atoms with Gasteiger partial charge in [-0.3, -0.25) is 4.79 Å². The molecular weight excluding hydrogens is 543 g/mol. The predicted molar refractivity (Wildman–Crippen MR) is 126 cm³/mol. The molecule has 0 spiro atoms. The fraction of sp³-hybridized carbons (Fsp3) is 0.0435. The molecule has 0 atom stereocenters. The zero-order chi connectivity index (χ0) is 20.6. The Bertz CT molecular complexity index is 1070. The molecule has 0 saturated heterocycles. The molecule has 0 aliphatic rings. The summed E-state index contributed by atoms with van der Waals surface area (Å²) in [6.45, 7) is 0.460. The third-order valence-corrected chi connectivity index (χ3v) is 5.34. The number of amides is 1. The molecule has 0 radical (unpaired) electrons. The van der Waals surface area contributed by atoms with Crippen molar-refractivity contribution in [2.45, 2.75) is 6.61 Å². The molecule has 0 heterocycles. The third-order valence-electron chi connectivity index (χ3n) is 3.97. The quantitative estimate of drug-likeness (QED) is 0.223. The van der Waals surface area contributed by atoms with Crippen molar-refractivity contribution in [3.8, 4) is 11.8 Å². The number of nitriles is 1. The number of hydrogen-bond donors (Lipinski definition) is 1. The monoisotopic (exact) mass is 558 g/mol. The molecule has 1 amide bonds. The molecule has 0 aliphatic carbocycles. The number of anilines is 1. The topological polar surface area (TPSA) is 62.1 Å². The van der Waals surface area contributed by atoms with Crippen LogP contribution in [0.3, 0.4) is 0 Å². The van der Waals surface area contributed by atoms with Crippen molar-refractivity contribution in [2.75, 3.05) is 5.32 Å². The van der Waals surface area contributed by atoms with Gasteiger partial charge in [0.1, 0.15) is 24.0 Å². The Labute approximate surface area is 191 Å². The summed E-state index contributed by atoms with van der Waals surface area (Å²) in [5, 5.41) is 12.1. The minimum atomic E-state index is -0.440. The van der Waals surface area contributed by atoms with Gasteiger partial charge in [-0.25, -0.2) is 0 Å². The van der Waals surface area contributed by atoms with Gasteiger partial charge < -0.3 is 10.1 Å². The second-order valence-electron chi connectivity index (χ2n) is 6.09. The van der Waals surface area contributed by atoms with E-state index in [2.05, 4.69) is 43.8 Å². The van der Waals surface area contributed by atoms with Crippen molar-refractivity contribution in [3.63, 3.8) is 0 Å². The smallest absolute Gasteiger partial charge is 0.266 e. The first kappa shape index (κ1) is 21.1. The summed E-state index contributed by atoms with van der Waals surface area (Å²) in [5.74, 6) is 0.308. The Hall–Kier alpha value is -2.63. The first-order valence-corrected chi connectivity index (χ1v) is 10.6. The van der Waals surface area contributed by atoms with Crippen LogP contribution < -0.4 is 10.1 Å². The van der Waals surface area contributed by atoms with Gasteiger partial charge in [0.05, 0.1) is 3.57 Å². The van der Waals surface area contributed by atoms with Gasteiger partial charge in [0, 0.05) is 10.2 Å². The maximum Gasteiger partial charge on any atom is 0.266 e. The molecule has 0 aliphatic heterocycles. The van der Waals surface area contributed by atoms with Crippen molar-refractivity contribution in [1.29, 1.82) is 5.26 Å². The van der Waals surface area contributed by atoms with Crippen LogP contribution >= 0.6 is 38.5 Å². The van der Waals surface area contributed by atoms with Crippen LogP contribution in [0.2, 0.25) is 0 Å². The highest BCUT2D eigenvalue weighted by molar-refractivity contribution is 14.1. The molecule has 0 saturated carbocycles. The fourth-order valence-corrected chi connectivity index (χ4v) is 3.46. The van der Waals surface area contributed by atoms with Gasteiger partial charge in [-0.2, -0.15) is 5.26 Å². The number of carbonyl (C=O) groups excluding carboxylic acids is 1. The summed E-state index contributed by atoms with van der Waals surface area (Å²) in [6, 6.07) is 24.5. The first-order chi connectivity index (χ1) is 14.0. The van der Waals surface area contributed by atoms with Crippen LogP contribution in [-0.4, -0.2) is 5.91 Å². The molecule has 144 valence electrons. The maximum absolute atomic E-state index is 12.4. The van der Waals surface area contributed by atoms with Crippen molar-refractivity contribution in [1.82, 2.24) is 0 Å². The molecule has 3 rings (SSSR count). The lowest BCUT2D eigenvalue weighted by Crippen LogP contribution is -2.13. The van der Waals surface area contributed by atoms with E-state index in [4.69, 9.17) is 4.74 Å². The molecule has 0 bridgehead atoms. The summed E-state index contributed by atoms with van der Waals surface area (Å²) in [4.78, 5) is 12.4. The van der Waals surface area contributed by atoms with Crippen LogP contribution in [0.15, 0.2) is 82.8 Å². The molecule has 3 aromatic carbocycles. The minimum absolute atomic E-state index is 0.0354.